The molecule has 0 saturated carbocycles. The highest BCUT2D eigenvalue weighted by Gasteiger charge is 2.28. The second-order valence-electron chi connectivity index (χ2n) is 5.64. The number of aromatic nitrogens is 1. The highest BCUT2D eigenvalue weighted by Crippen LogP contribution is 2.26. The third kappa shape index (κ3) is 4.45. The van der Waals surface area contributed by atoms with Crippen LogP contribution in [0, 0.1) is 0 Å². The van der Waals surface area contributed by atoms with Crippen molar-refractivity contribution in [2.45, 2.75) is 31.3 Å². The number of carbonyl (C=O) groups is 1. The van der Waals surface area contributed by atoms with Gasteiger partial charge in [-0.2, -0.15) is 4.31 Å². The maximum Gasteiger partial charge on any atom is 0.339 e. The molecule has 0 aliphatic heterocycles. The third-order valence-electron chi connectivity index (χ3n) is 3.59. The molecule has 134 valence electrons. The van der Waals surface area contributed by atoms with Gasteiger partial charge >= 0.3 is 5.97 Å². The van der Waals surface area contributed by atoms with E-state index in [1.54, 1.807) is 32.3 Å². The minimum absolute atomic E-state index is 0.0358. The molecule has 0 bridgehead atoms. The van der Waals surface area contributed by atoms with Gasteiger partial charge in [0.2, 0.25) is 10.0 Å². The lowest BCUT2D eigenvalue weighted by molar-refractivity contribution is 0.0599. The molecule has 0 aliphatic rings. The summed E-state index contributed by atoms with van der Waals surface area (Å²) in [5, 5.41) is 0. The SMILES string of the molecule is COC(=O)c1cc(S(=O)(=O)N(Cc2cccnc2)C(C)C)ccc1Br. The molecule has 1 heterocycles. The van der Waals surface area contributed by atoms with Gasteiger partial charge in [0.25, 0.3) is 0 Å². The number of methoxy groups -OCH3 is 1. The molecule has 0 radical (unpaired) electrons. The first-order chi connectivity index (χ1) is 11.8. The second-order valence-corrected chi connectivity index (χ2v) is 8.38. The Morgan fingerprint density at radius 2 is 2.04 bits per heavy atom. The number of carbonyl (C=O) groups excluding carboxylic acids is 1. The Morgan fingerprint density at radius 3 is 2.60 bits per heavy atom. The van der Waals surface area contributed by atoms with Crippen molar-refractivity contribution in [2.24, 2.45) is 0 Å². The standard InChI is InChI=1S/C17H19BrN2O4S/c1-12(2)20(11-13-5-4-8-19-10-13)25(22,23)14-6-7-16(18)15(9-14)17(21)24-3/h4-10,12H,11H2,1-3H3. The summed E-state index contributed by atoms with van der Waals surface area (Å²) in [5.41, 5.74) is 0.943. The summed E-state index contributed by atoms with van der Waals surface area (Å²) in [4.78, 5) is 15.9. The molecule has 0 atom stereocenters. The van der Waals surface area contributed by atoms with Crippen LogP contribution < -0.4 is 0 Å². The van der Waals surface area contributed by atoms with E-state index in [4.69, 9.17) is 4.74 Å². The Balaban J connectivity index is 2.45. The number of rotatable bonds is 6. The summed E-state index contributed by atoms with van der Waals surface area (Å²) in [7, 11) is -2.55. The molecule has 0 amide bonds. The molecule has 1 aromatic heterocycles. The molecule has 25 heavy (non-hydrogen) atoms. The molecule has 2 aromatic rings. The normalized spacial score (nSPS) is 11.8. The molecule has 1 aromatic carbocycles. The van der Waals surface area contributed by atoms with Crippen LogP contribution in [-0.2, 0) is 21.3 Å². The number of hydrogen-bond donors (Lipinski definition) is 0. The highest BCUT2D eigenvalue weighted by molar-refractivity contribution is 9.10. The van der Waals surface area contributed by atoms with Crippen molar-refractivity contribution in [1.82, 2.24) is 9.29 Å². The molecular formula is C17H19BrN2O4S. The zero-order valence-electron chi connectivity index (χ0n) is 14.1. The van der Waals surface area contributed by atoms with Crippen molar-refractivity contribution >= 4 is 31.9 Å². The van der Waals surface area contributed by atoms with E-state index in [0.717, 1.165) is 5.56 Å². The second kappa shape index (κ2) is 8.07. The zero-order valence-corrected chi connectivity index (χ0v) is 16.5. The number of nitrogens with zero attached hydrogens (tertiary/aromatic N) is 2. The summed E-state index contributed by atoms with van der Waals surface area (Å²) >= 11 is 3.24. The van der Waals surface area contributed by atoms with Gasteiger partial charge < -0.3 is 4.74 Å². The molecule has 6 nitrogen and oxygen atoms in total. The van der Waals surface area contributed by atoms with Crippen LogP contribution in [0.1, 0.15) is 29.8 Å². The summed E-state index contributed by atoms with van der Waals surface area (Å²) in [6, 6.07) is 7.63. The monoisotopic (exact) mass is 426 g/mol. The maximum atomic E-state index is 13.1. The smallest absolute Gasteiger partial charge is 0.339 e. The minimum atomic E-state index is -3.80. The van der Waals surface area contributed by atoms with E-state index in [9.17, 15) is 13.2 Å². The van der Waals surface area contributed by atoms with Gasteiger partial charge in [-0.1, -0.05) is 6.07 Å². The fourth-order valence-electron chi connectivity index (χ4n) is 2.28. The first-order valence-corrected chi connectivity index (χ1v) is 9.79. The van der Waals surface area contributed by atoms with Gasteiger partial charge in [-0.3, -0.25) is 4.98 Å². The number of pyridine rings is 1. The average Bonchev–Trinajstić information content (AvgIpc) is 2.59. The van der Waals surface area contributed by atoms with Crippen LogP contribution in [0.4, 0.5) is 0 Å². The van der Waals surface area contributed by atoms with Crippen molar-refractivity contribution in [1.29, 1.82) is 0 Å². The fourth-order valence-corrected chi connectivity index (χ4v) is 4.34. The van der Waals surface area contributed by atoms with Crippen molar-refractivity contribution in [3.05, 3.63) is 58.3 Å². The van der Waals surface area contributed by atoms with E-state index in [1.165, 1.54) is 29.6 Å². The van der Waals surface area contributed by atoms with E-state index in [-0.39, 0.29) is 23.0 Å². The Labute approximate surface area is 156 Å². The summed E-state index contributed by atoms with van der Waals surface area (Å²) < 4.78 is 32.7. The number of sulfonamides is 1. The Hall–Kier alpha value is -1.77. The molecule has 0 aliphatic carbocycles. The first kappa shape index (κ1) is 19.6. The number of halogens is 1. The first-order valence-electron chi connectivity index (χ1n) is 7.56. The lowest BCUT2D eigenvalue weighted by Crippen LogP contribution is -2.36. The van der Waals surface area contributed by atoms with Crippen LogP contribution in [-0.4, -0.2) is 36.8 Å². The number of hydrogen-bond acceptors (Lipinski definition) is 5. The summed E-state index contributed by atoms with van der Waals surface area (Å²) in [6.07, 6.45) is 3.27. The fraction of sp³-hybridized carbons (Fsp3) is 0.294. The Bertz CT molecular complexity index is 854. The van der Waals surface area contributed by atoms with Gasteiger partial charge in [0.15, 0.2) is 0 Å². The van der Waals surface area contributed by atoms with E-state index in [2.05, 4.69) is 20.9 Å². The molecule has 0 unspecified atom stereocenters. The van der Waals surface area contributed by atoms with Crippen molar-refractivity contribution in [3.8, 4) is 0 Å². The van der Waals surface area contributed by atoms with Crippen LogP contribution >= 0.6 is 15.9 Å². The number of benzene rings is 1. The van der Waals surface area contributed by atoms with Gasteiger partial charge in [0.05, 0.1) is 17.6 Å². The lowest BCUT2D eigenvalue weighted by atomic mass is 10.2. The van der Waals surface area contributed by atoms with Crippen LogP contribution in [0.5, 0.6) is 0 Å². The summed E-state index contributed by atoms with van der Waals surface area (Å²) in [5.74, 6) is -0.604. The third-order valence-corrected chi connectivity index (χ3v) is 6.30. The van der Waals surface area contributed by atoms with Gasteiger partial charge in [-0.15, -0.1) is 0 Å². The van der Waals surface area contributed by atoms with Crippen molar-refractivity contribution in [2.75, 3.05) is 7.11 Å². The van der Waals surface area contributed by atoms with E-state index >= 15 is 0 Å². The van der Waals surface area contributed by atoms with Crippen molar-refractivity contribution in [3.63, 3.8) is 0 Å². The van der Waals surface area contributed by atoms with Crippen molar-refractivity contribution < 1.29 is 17.9 Å². The quantitative estimate of drug-likeness (QED) is 0.662. The zero-order chi connectivity index (χ0) is 18.6. The van der Waals surface area contributed by atoms with E-state index in [1.807, 2.05) is 6.07 Å². The number of ether oxygens (including phenoxy) is 1. The Kier molecular flexibility index (Phi) is 6.31. The topological polar surface area (TPSA) is 76.6 Å². The molecule has 0 spiro atoms. The molecule has 0 fully saturated rings. The molecule has 8 heteroatoms. The van der Waals surface area contributed by atoms with Crippen LogP contribution in [0.3, 0.4) is 0 Å². The maximum absolute atomic E-state index is 13.1. The van der Waals surface area contributed by atoms with E-state index in [0.29, 0.717) is 4.47 Å². The van der Waals surface area contributed by atoms with Crippen LogP contribution in [0.15, 0.2) is 52.1 Å². The van der Waals surface area contributed by atoms with Gasteiger partial charge in [0.1, 0.15) is 0 Å². The molecule has 0 saturated heterocycles. The van der Waals surface area contributed by atoms with Crippen LogP contribution in [0.25, 0.3) is 0 Å². The molecule has 2 rings (SSSR count). The van der Waals surface area contributed by atoms with E-state index < -0.39 is 16.0 Å². The minimum Gasteiger partial charge on any atom is -0.465 e. The summed E-state index contributed by atoms with van der Waals surface area (Å²) in [6.45, 7) is 3.79. The lowest BCUT2D eigenvalue weighted by Gasteiger charge is -2.26. The van der Waals surface area contributed by atoms with Gasteiger partial charge in [0, 0.05) is 29.5 Å². The van der Waals surface area contributed by atoms with Crippen LogP contribution in [0.2, 0.25) is 0 Å². The highest BCUT2D eigenvalue weighted by atomic mass is 79.9. The predicted molar refractivity (Wildman–Crippen MR) is 97.6 cm³/mol. The predicted octanol–water partition coefficient (Wildman–Crippen LogP) is 3.23. The van der Waals surface area contributed by atoms with Gasteiger partial charge in [-0.25, -0.2) is 13.2 Å². The Morgan fingerprint density at radius 1 is 1.32 bits per heavy atom. The molecular weight excluding hydrogens is 408 g/mol. The average molecular weight is 427 g/mol. The largest absolute Gasteiger partial charge is 0.465 e. The number of esters is 1. The van der Waals surface area contributed by atoms with Gasteiger partial charge in [-0.05, 0) is 59.6 Å². The molecule has 0 N–H and O–H groups in total.